The van der Waals surface area contributed by atoms with E-state index in [1.54, 1.807) is 73.7 Å². The van der Waals surface area contributed by atoms with Gasteiger partial charge in [-0.15, -0.1) is 0 Å². The van der Waals surface area contributed by atoms with Crippen LogP contribution in [0, 0.1) is 112 Å². The van der Waals surface area contributed by atoms with Crippen LogP contribution in [0.25, 0.3) is 0 Å². The number of pyridine rings is 6. The summed E-state index contributed by atoms with van der Waals surface area (Å²) >= 11 is 15.3. The number of morpholine rings is 1. The second kappa shape index (κ2) is 51.4. The zero-order chi connectivity index (χ0) is 98.3. The molecule has 14 rings (SSSR count). The van der Waals surface area contributed by atoms with Crippen LogP contribution in [0.15, 0.2) is 215 Å². The summed E-state index contributed by atoms with van der Waals surface area (Å²) in [5.74, 6) is 0.918. The summed E-state index contributed by atoms with van der Waals surface area (Å²) in [5.41, 5.74) is 6.61. The highest BCUT2D eigenvalue weighted by molar-refractivity contribution is 14.1. The van der Waals surface area contributed by atoms with Gasteiger partial charge in [0.15, 0.2) is 18.9 Å². The Bertz CT molecular complexity index is 6270. The van der Waals surface area contributed by atoms with Crippen molar-refractivity contribution in [3.05, 3.63) is 342 Å². The van der Waals surface area contributed by atoms with E-state index < -0.39 is 53.5 Å². The third-order valence-corrected chi connectivity index (χ3v) is 25.1. The minimum Gasteiger partial charge on any atom is -0.595 e. The number of carbonyl (C=O) groups is 6. The number of carbonyl (C=O) groups excluding carboxylic acids is 6. The van der Waals surface area contributed by atoms with Gasteiger partial charge >= 0.3 is 0 Å². The highest BCUT2D eigenvalue weighted by Crippen LogP contribution is 2.34. The Kier molecular flexibility index (Phi) is 40.3. The standard InChI is InChI=1S/C17H17IN4O4.C17H17IN4O3.C14H14BrN3O4.C14H12IN3O4.C13H10BrN3O3.C13H10IN3O3/c1-11-14(18)3-5-16(19-11)20-17(23)13-10-12(22(24)25)2-4-15(13)21-6-8-26-9-7-21;1-11-13(18)5-7-16(19-11)20-17(23)12-4-6-14(15(10-12)22(24)25)21-8-2-3-9-21;2*1-9-12(15)6-7-13(16-9)17-14(19)8-22-11-4-2-10(3-5-11)18(20)21;2*1-8-11(14)5-6-12(15-8)16-13(18)9-3-2-4-10(7-9)17(19)20/h2-5,10H,6-9H2,1H3,(H,19,20,23);4-7,10H,2-3,8-9H2,1H3,(H,19,20,23);2-7,18,20H,8H2,1H3,(H,16,17,19);2-7H,8H2,1H3,(H,16,17,19);2*2-7H,1H3,(H,15,16,18). The molecule has 0 saturated carbocycles. The summed E-state index contributed by atoms with van der Waals surface area (Å²) < 4.78 is 21.6. The van der Waals surface area contributed by atoms with E-state index in [9.17, 15) is 84.5 Å². The molecular formula is C88H80Br2I4N20O21. The second-order valence-electron chi connectivity index (χ2n) is 28.5. The molecule has 2 aliphatic heterocycles. The van der Waals surface area contributed by atoms with Crippen LogP contribution >= 0.6 is 122 Å². The number of ether oxygens (including phenoxy) is 3. The summed E-state index contributed by atoms with van der Waals surface area (Å²) in [6.07, 6.45) is 2.05. The Hall–Kier alpha value is -13.0. The molecule has 1 atom stereocenters. The minimum atomic E-state index is -1.01. The Balaban J connectivity index is 0.000000182. The van der Waals surface area contributed by atoms with Gasteiger partial charge in [0.1, 0.15) is 52.1 Å². The van der Waals surface area contributed by atoms with Crippen LogP contribution in [0.2, 0.25) is 0 Å². The number of hydrogen-bond donors (Lipinski definition) is 8. The van der Waals surface area contributed by atoms with Crippen LogP contribution in [0.1, 0.15) is 88.4 Å². The van der Waals surface area contributed by atoms with Crippen molar-refractivity contribution in [2.75, 3.05) is 94.3 Å². The largest absolute Gasteiger partial charge is 0.595 e. The van der Waals surface area contributed by atoms with Crippen molar-refractivity contribution in [2.24, 2.45) is 0 Å². The molecule has 0 aliphatic carbocycles. The molecule has 41 nitrogen and oxygen atoms in total. The maximum atomic E-state index is 12.8. The molecule has 12 aromatic rings. The molecule has 2 aliphatic rings. The van der Waals surface area contributed by atoms with Gasteiger partial charge in [-0.05, 0) is 304 Å². The van der Waals surface area contributed by atoms with Gasteiger partial charge in [0, 0.05) is 133 Å². The van der Waals surface area contributed by atoms with Crippen LogP contribution in [0.3, 0.4) is 0 Å². The number of benzene rings is 6. The SMILES string of the molecule is Cc1nc(NC(=O)COc2ccc([N+](=O)[O-])cc2)ccc1I.Cc1nc(NC(=O)COc2ccc([NH+]([O-])O)cc2)ccc1Br.Cc1nc(NC(=O)c2cc([N+](=O)[O-])ccc2N2CCOCC2)ccc1I.Cc1nc(NC(=O)c2ccc(N3CCCC3)c([N+](=O)[O-])c2)ccc1I.Cc1nc(NC(=O)c2cccc([N+](=O)[O-])c2)ccc1Br.Cc1nc(NC(=O)c2cccc([N+](=O)[O-])c2)ccc1I. The van der Waals surface area contributed by atoms with Gasteiger partial charge in [-0.2, -0.15) is 5.23 Å². The van der Waals surface area contributed by atoms with E-state index in [0.29, 0.717) is 84.1 Å². The number of nitro groups is 5. The van der Waals surface area contributed by atoms with Crippen LogP contribution in [-0.2, 0) is 14.3 Å². The van der Waals surface area contributed by atoms with Gasteiger partial charge < -0.3 is 61.1 Å². The normalized spacial score (nSPS) is 11.8. The summed E-state index contributed by atoms with van der Waals surface area (Å²) in [4.78, 5) is 154. The van der Waals surface area contributed by atoms with E-state index >= 15 is 0 Å². The quantitative estimate of drug-likeness (QED) is 0.0158. The van der Waals surface area contributed by atoms with E-state index in [4.69, 9.17) is 19.4 Å². The Morgan fingerprint density at radius 3 is 1.10 bits per heavy atom. The van der Waals surface area contributed by atoms with Crippen molar-refractivity contribution in [1.29, 1.82) is 0 Å². The van der Waals surface area contributed by atoms with Crippen LogP contribution in [0.4, 0.5) is 80.4 Å². The van der Waals surface area contributed by atoms with Crippen LogP contribution in [0.5, 0.6) is 11.5 Å². The van der Waals surface area contributed by atoms with Gasteiger partial charge in [0.2, 0.25) is 0 Å². The summed E-state index contributed by atoms with van der Waals surface area (Å²) in [7, 11) is 0. The zero-order valence-corrected chi connectivity index (χ0v) is 83.7. The first-order valence-corrected chi connectivity index (χ1v) is 45.8. The summed E-state index contributed by atoms with van der Waals surface area (Å²) in [6, 6.07) is 52.5. The lowest BCUT2D eigenvalue weighted by atomic mass is 10.1. The lowest BCUT2D eigenvalue weighted by Gasteiger charge is -2.30. The first-order chi connectivity index (χ1) is 64.2. The van der Waals surface area contributed by atoms with E-state index in [1.165, 1.54) is 115 Å². The number of nitrogens with one attached hydrogen (secondary N) is 7. The highest BCUT2D eigenvalue weighted by atomic mass is 127. The number of nitro benzene ring substituents is 5. The lowest BCUT2D eigenvalue weighted by Crippen LogP contribution is -2.99. The van der Waals surface area contributed by atoms with E-state index in [2.05, 4.69) is 184 Å². The third kappa shape index (κ3) is 32.9. The Morgan fingerprint density at radius 1 is 0.393 bits per heavy atom. The number of hydrogen-bond acceptors (Lipinski definition) is 29. The first kappa shape index (κ1) is 106. The predicted octanol–water partition coefficient (Wildman–Crippen LogP) is 17.7. The number of nitrogens with zero attached hydrogens (tertiary/aromatic N) is 13. The zero-order valence-electron chi connectivity index (χ0n) is 71.9. The fourth-order valence-corrected chi connectivity index (χ4v) is 13.5. The van der Waals surface area contributed by atoms with Crippen molar-refractivity contribution >= 4 is 238 Å². The maximum absolute atomic E-state index is 12.8. The molecule has 2 fully saturated rings. The average Bonchev–Trinajstić information content (AvgIpc) is 1.60. The van der Waals surface area contributed by atoms with Gasteiger partial charge in [-0.25, -0.2) is 35.1 Å². The van der Waals surface area contributed by atoms with Crippen LogP contribution in [-0.4, -0.2) is 148 Å². The second-order valence-corrected chi connectivity index (χ2v) is 34.8. The number of aromatic nitrogens is 6. The molecule has 8 heterocycles. The predicted molar refractivity (Wildman–Crippen MR) is 542 cm³/mol. The van der Waals surface area contributed by atoms with Crippen molar-refractivity contribution < 1.29 is 78.0 Å². The van der Waals surface area contributed by atoms with Gasteiger partial charge in [-0.3, -0.25) is 79.3 Å². The smallest absolute Gasteiger partial charge is 0.293 e. The minimum absolute atomic E-state index is 0.0321. The van der Waals surface area contributed by atoms with Crippen molar-refractivity contribution in [1.82, 2.24) is 29.9 Å². The fraction of sp³-hybridized carbons (Fsp3) is 0.182. The highest BCUT2D eigenvalue weighted by Gasteiger charge is 2.27. The number of non-ortho nitro benzene ring substituents is 4. The molecule has 0 bridgehead atoms. The van der Waals surface area contributed by atoms with Gasteiger partial charge in [-0.1, -0.05) is 12.1 Å². The molecule has 0 radical (unpaired) electrons. The maximum Gasteiger partial charge on any atom is 0.293 e. The molecule has 2 saturated heterocycles. The van der Waals surface area contributed by atoms with Crippen molar-refractivity contribution in [3.8, 4) is 11.5 Å². The topological polar surface area (TPSA) is 550 Å². The molecule has 47 heteroatoms. The van der Waals surface area contributed by atoms with Crippen LogP contribution < -0.4 is 56.4 Å². The number of halogens is 6. The number of anilines is 8. The van der Waals surface area contributed by atoms with Crippen molar-refractivity contribution in [3.63, 3.8) is 0 Å². The van der Waals surface area contributed by atoms with Gasteiger partial charge in [0.25, 0.3) is 63.9 Å². The number of amides is 6. The summed E-state index contributed by atoms with van der Waals surface area (Å²) in [5, 5.41) is 88.8. The first-order valence-electron chi connectivity index (χ1n) is 39.9. The van der Waals surface area contributed by atoms with Crippen molar-refractivity contribution in [2.45, 2.75) is 54.4 Å². The molecule has 6 amide bonds. The molecular weight excluding hydrogens is 2340 g/mol. The summed E-state index contributed by atoms with van der Waals surface area (Å²) in [6.45, 7) is 14.6. The molecule has 8 N–H and O–H groups in total. The molecule has 700 valence electrons. The fourth-order valence-electron chi connectivity index (χ4n) is 11.9. The van der Waals surface area contributed by atoms with E-state index in [0.717, 1.165) is 83.3 Å². The monoisotopic (exact) mass is 2420 g/mol. The van der Waals surface area contributed by atoms with E-state index in [-0.39, 0.29) is 81.4 Å². The van der Waals surface area contributed by atoms with Gasteiger partial charge in [0.05, 0.1) is 83.2 Å². The molecule has 6 aromatic carbocycles. The molecule has 1 unspecified atom stereocenters. The lowest BCUT2D eigenvalue weighted by molar-refractivity contribution is -0.991. The molecule has 0 spiro atoms. The Morgan fingerprint density at radius 2 is 0.726 bits per heavy atom. The third-order valence-electron chi connectivity index (χ3n) is 18.8. The molecule has 6 aromatic heterocycles. The number of aryl methyl sites for hydroxylation is 6. The average molecular weight is 2420 g/mol. The number of rotatable bonds is 24. The Labute approximate surface area is 840 Å². The van der Waals surface area contributed by atoms with E-state index in [1.807, 2.05) is 68.7 Å². The number of quaternary nitrogens is 1. The molecule has 135 heavy (non-hydrogen) atoms.